The van der Waals surface area contributed by atoms with Crippen LogP contribution in [0.4, 0.5) is 13.2 Å². The standard InChI is InChI=1S/C21H27F3N2O5.CH2O/c1-4-6-12(10-26(3)7-5-2)21(29)25-15-9-17(28)31-19-14(23)8-13(22)18(24)20(19)30-11-16(15)27;1-2/h8,12,15H,4-7,9-11H2,1-3H3,(H,25,29);1H2. The molecular formula is C22H29F3N2O6. The smallest absolute Gasteiger partial charge is 0.313 e. The molecule has 8 nitrogen and oxygen atoms in total. The minimum Gasteiger partial charge on any atom is -0.479 e. The molecule has 2 unspecified atom stereocenters. The van der Waals surface area contributed by atoms with Crippen LogP contribution in [0, 0.1) is 23.4 Å². The van der Waals surface area contributed by atoms with Crippen molar-refractivity contribution in [3.63, 3.8) is 0 Å². The molecule has 1 amide bonds. The number of halogens is 3. The number of benzene rings is 1. The normalized spacial score (nSPS) is 16.8. The quantitative estimate of drug-likeness (QED) is 0.351. The average molecular weight is 474 g/mol. The summed E-state index contributed by atoms with van der Waals surface area (Å²) in [6.45, 7) is 6.40. The lowest BCUT2D eigenvalue weighted by Crippen LogP contribution is -2.48. The fraction of sp³-hybridized carbons (Fsp3) is 0.545. The molecule has 0 bridgehead atoms. The lowest BCUT2D eigenvalue weighted by molar-refractivity contribution is -0.138. The number of esters is 1. The molecule has 0 fully saturated rings. The Morgan fingerprint density at radius 3 is 2.45 bits per heavy atom. The van der Waals surface area contributed by atoms with Crippen molar-refractivity contribution in [2.75, 3.05) is 26.7 Å². The van der Waals surface area contributed by atoms with E-state index in [2.05, 4.69) is 5.32 Å². The van der Waals surface area contributed by atoms with E-state index < -0.39 is 71.6 Å². The second kappa shape index (κ2) is 13.6. The predicted molar refractivity (Wildman–Crippen MR) is 112 cm³/mol. The molecule has 0 saturated carbocycles. The highest BCUT2D eigenvalue weighted by Crippen LogP contribution is 2.36. The first-order valence-corrected chi connectivity index (χ1v) is 10.5. The molecule has 2 rings (SSSR count). The van der Waals surface area contributed by atoms with Gasteiger partial charge in [0.25, 0.3) is 0 Å². The van der Waals surface area contributed by atoms with Gasteiger partial charge in [-0.05, 0) is 26.4 Å². The fourth-order valence-corrected chi connectivity index (χ4v) is 3.38. The number of ketones is 1. The highest BCUT2D eigenvalue weighted by Gasteiger charge is 2.33. The summed E-state index contributed by atoms with van der Waals surface area (Å²) in [6, 6.07) is -1.09. The van der Waals surface area contributed by atoms with Gasteiger partial charge in [-0.2, -0.15) is 4.39 Å². The van der Waals surface area contributed by atoms with Crippen molar-refractivity contribution < 1.29 is 41.8 Å². The molecule has 0 aromatic heterocycles. The van der Waals surface area contributed by atoms with Gasteiger partial charge in [0.2, 0.25) is 23.2 Å². The minimum atomic E-state index is -1.58. The minimum absolute atomic E-state index is 0.214. The number of hydrogen-bond acceptors (Lipinski definition) is 7. The lowest BCUT2D eigenvalue weighted by atomic mass is 10.0. The molecule has 0 radical (unpaired) electrons. The Hall–Kier alpha value is -2.95. The Kier molecular flexibility index (Phi) is 11.5. The van der Waals surface area contributed by atoms with Crippen LogP contribution in [-0.2, 0) is 19.2 Å². The van der Waals surface area contributed by atoms with Gasteiger partial charge in [-0.15, -0.1) is 0 Å². The van der Waals surface area contributed by atoms with E-state index in [1.54, 1.807) is 0 Å². The topological polar surface area (TPSA) is 102 Å². The number of fused-ring (bicyclic) bond motifs is 1. The molecule has 1 N–H and O–H groups in total. The van der Waals surface area contributed by atoms with Crippen LogP contribution in [-0.4, -0.2) is 62.1 Å². The maximum atomic E-state index is 14.0. The van der Waals surface area contributed by atoms with Gasteiger partial charge < -0.3 is 24.5 Å². The van der Waals surface area contributed by atoms with Crippen molar-refractivity contribution in [1.82, 2.24) is 10.2 Å². The largest absolute Gasteiger partial charge is 0.479 e. The zero-order valence-electron chi connectivity index (χ0n) is 18.9. The first-order chi connectivity index (χ1) is 15.7. The van der Waals surface area contributed by atoms with Crippen molar-refractivity contribution >= 4 is 24.4 Å². The number of ether oxygens (including phenoxy) is 2. The number of hydrogen-bond donors (Lipinski definition) is 1. The third-order valence-electron chi connectivity index (χ3n) is 4.88. The molecule has 0 saturated heterocycles. The molecule has 1 aromatic carbocycles. The Morgan fingerprint density at radius 2 is 1.85 bits per heavy atom. The molecule has 1 aliphatic heterocycles. The molecule has 0 aliphatic carbocycles. The average Bonchev–Trinajstić information content (AvgIpc) is 2.82. The SMILES string of the molecule is C=O.CCCC(CN(C)CCC)C(=O)NC1CC(=O)Oc2c(F)cc(F)c(F)c2OCC1=O. The van der Waals surface area contributed by atoms with Crippen LogP contribution in [0.25, 0.3) is 0 Å². The molecule has 11 heteroatoms. The second-order valence-electron chi connectivity index (χ2n) is 7.55. The van der Waals surface area contributed by atoms with E-state index in [4.69, 9.17) is 14.3 Å². The van der Waals surface area contributed by atoms with Gasteiger partial charge in [-0.3, -0.25) is 14.4 Å². The van der Waals surface area contributed by atoms with Gasteiger partial charge in [-0.1, -0.05) is 20.3 Å². The van der Waals surface area contributed by atoms with E-state index in [9.17, 15) is 27.6 Å². The molecule has 1 aliphatic rings. The van der Waals surface area contributed by atoms with E-state index >= 15 is 0 Å². The summed E-state index contributed by atoms with van der Waals surface area (Å²) < 4.78 is 51.2. The summed E-state index contributed by atoms with van der Waals surface area (Å²) in [5, 5.41) is 2.54. The van der Waals surface area contributed by atoms with Gasteiger partial charge in [0.1, 0.15) is 19.4 Å². The van der Waals surface area contributed by atoms with Gasteiger partial charge in [0.15, 0.2) is 17.4 Å². The van der Waals surface area contributed by atoms with Gasteiger partial charge in [0, 0.05) is 12.6 Å². The molecular weight excluding hydrogens is 445 g/mol. The highest BCUT2D eigenvalue weighted by molar-refractivity contribution is 5.94. The summed E-state index contributed by atoms with van der Waals surface area (Å²) in [5.74, 6) is -9.10. The van der Waals surface area contributed by atoms with Crippen molar-refractivity contribution in [2.45, 2.75) is 45.6 Å². The first-order valence-electron chi connectivity index (χ1n) is 10.5. The highest BCUT2D eigenvalue weighted by atomic mass is 19.2. The zero-order valence-corrected chi connectivity index (χ0v) is 18.9. The van der Waals surface area contributed by atoms with Crippen molar-refractivity contribution in [3.8, 4) is 11.5 Å². The number of nitrogens with one attached hydrogen (secondary N) is 1. The van der Waals surface area contributed by atoms with Gasteiger partial charge in [0.05, 0.1) is 12.3 Å². The number of amides is 1. The first kappa shape index (κ1) is 28.1. The molecule has 2 atom stereocenters. The van der Waals surface area contributed by atoms with E-state index in [0.29, 0.717) is 13.0 Å². The third-order valence-corrected chi connectivity index (χ3v) is 4.88. The summed E-state index contributed by atoms with van der Waals surface area (Å²) in [7, 11) is 1.88. The summed E-state index contributed by atoms with van der Waals surface area (Å²) in [4.78, 5) is 47.5. The maximum Gasteiger partial charge on any atom is 0.313 e. The predicted octanol–water partition coefficient (Wildman–Crippen LogP) is 2.42. The molecule has 1 heterocycles. The maximum absolute atomic E-state index is 14.0. The Labute approximate surface area is 190 Å². The zero-order chi connectivity index (χ0) is 25.1. The van der Waals surface area contributed by atoms with Crippen LogP contribution in [0.3, 0.4) is 0 Å². The summed E-state index contributed by atoms with van der Waals surface area (Å²) >= 11 is 0. The van der Waals surface area contributed by atoms with Crippen LogP contribution in [0.2, 0.25) is 0 Å². The number of rotatable bonds is 8. The van der Waals surface area contributed by atoms with Crippen molar-refractivity contribution in [1.29, 1.82) is 0 Å². The van der Waals surface area contributed by atoms with Gasteiger partial charge >= 0.3 is 5.97 Å². The fourth-order valence-electron chi connectivity index (χ4n) is 3.38. The third kappa shape index (κ3) is 7.85. The van der Waals surface area contributed by atoms with Crippen LogP contribution < -0.4 is 14.8 Å². The Balaban J connectivity index is 0.00000265. The monoisotopic (exact) mass is 474 g/mol. The summed E-state index contributed by atoms with van der Waals surface area (Å²) in [5.41, 5.74) is 0. The molecule has 184 valence electrons. The number of nitrogens with zero attached hydrogens (tertiary/aromatic N) is 1. The lowest BCUT2D eigenvalue weighted by Gasteiger charge is -2.25. The van der Waals surface area contributed by atoms with E-state index in [0.717, 1.165) is 19.4 Å². The van der Waals surface area contributed by atoms with Crippen molar-refractivity contribution in [2.24, 2.45) is 5.92 Å². The van der Waals surface area contributed by atoms with Crippen LogP contribution in [0.5, 0.6) is 11.5 Å². The van der Waals surface area contributed by atoms with Crippen LogP contribution >= 0.6 is 0 Å². The Bertz CT molecular complexity index is 852. The Morgan fingerprint density at radius 1 is 1.18 bits per heavy atom. The number of Topliss-reactive ketones (excluding diaryl/α,β-unsaturated/α-hetero) is 1. The van der Waals surface area contributed by atoms with E-state index in [1.807, 2.05) is 32.6 Å². The van der Waals surface area contributed by atoms with Gasteiger partial charge in [-0.25, -0.2) is 8.78 Å². The van der Waals surface area contributed by atoms with Crippen LogP contribution in [0.1, 0.15) is 39.5 Å². The molecule has 0 spiro atoms. The molecule has 33 heavy (non-hydrogen) atoms. The van der Waals surface area contributed by atoms with E-state index in [1.165, 1.54) is 0 Å². The van der Waals surface area contributed by atoms with Crippen molar-refractivity contribution in [3.05, 3.63) is 23.5 Å². The molecule has 1 aromatic rings. The number of carbonyl (C=O) groups is 4. The summed E-state index contributed by atoms with van der Waals surface area (Å²) in [6.07, 6.45) is 1.62. The van der Waals surface area contributed by atoms with Crippen LogP contribution in [0.15, 0.2) is 6.07 Å². The number of carbonyl (C=O) groups excluding carboxylic acids is 4. The van der Waals surface area contributed by atoms with E-state index in [-0.39, 0.29) is 6.07 Å². The second-order valence-corrected chi connectivity index (χ2v) is 7.55.